The second-order valence-corrected chi connectivity index (χ2v) is 5.06. The molecule has 0 bridgehead atoms. The number of aromatic nitrogens is 3. The first-order valence-electron chi connectivity index (χ1n) is 5.18. The molecule has 0 saturated heterocycles. The molecule has 0 amide bonds. The fourth-order valence-electron chi connectivity index (χ4n) is 1.72. The largest absolute Gasteiger partial charge is 0.421 e. The number of fused-ring (bicyclic) bond motifs is 1. The predicted octanol–water partition coefficient (Wildman–Crippen LogP) is 4.01. The van der Waals surface area contributed by atoms with E-state index in [-0.39, 0.29) is 0 Å². The summed E-state index contributed by atoms with van der Waals surface area (Å²) in [5.41, 5.74) is 0.719. The Morgan fingerprint density at radius 2 is 2.06 bits per heavy atom. The highest BCUT2D eigenvalue weighted by Crippen LogP contribution is 2.33. The summed E-state index contributed by atoms with van der Waals surface area (Å²) in [5.74, 6) is 0.929. The Balaban J connectivity index is 2.30. The van der Waals surface area contributed by atoms with Gasteiger partial charge in [-0.25, -0.2) is 0 Å². The topological polar surface area (TPSA) is 51.8 Å². The van der Waals surface area contributed by atoms with Crippen LogP contribution in [0.25, 0.3) is 22.2 Å². The highest BCUT2D eigenvalue weighted by molar-refractivity contribution is 9.10. The zero-order valence-electron chi connectivity index (χ0n) is 9.32. The predicted molar refractivity (Wildman–Crippen MR) is 72.5 cm³/mol. The summed E-state index contributed by atoms with van der Waals surface area (Å²) in [6, 6.07) is 3.75. The maximum atomic E-state index is 6.23. The van der Waals surface area contributed by atoms with E-state index < -0.39 is 0 Å². The van der Waals surface area contributed by atoms with Gasteiger partial charge in [0.2, 0.25) is 11.8 Å². The molecule has 0 aliphatic rings. The molecule has 2 heterocycles. The molecule has 90 valence electrons. The molecule has 0 radical (unpaired) electrons. The molecule has 18 heavy (non-hydrogen) atoms. The van der Waals surface area contributed by atoms with Crippen molar-refractivity contribution in [3.8, 4) is 11.5 Å². The Labute approximate surface area is 116 Å². The van der Waals surface area contributed by atoms with Gasteiger partial charge in [0.15, 0.2) is 0 Å². The fourth-order valence-corrected chi connectivity index (χ4v) is 2.44. The van der Waals surface area contributed by atoms with Crippen molar-refractivity contribution in [2.24, 2.45) is 0 Å². The Hall–Kier alpha value is -1.46. The van der Waals surface area contributed by atoms with Crippen molar-refractivity contribution in [2.75, 3.05) is 0 Å². The molecule has 0 N–H and O–H groups in total. The van der Waals surface area contributed by atoms with Gasteiger partial charge in [0.1, 0.15) is 0 Å². The van der Waals surface area contributed by atoms with E-state index >= 15 is 0 Å². The molecule has 0 aliphatic carbocycles. The van der Waals surface area contributed by atoms with Crippen LogP contribution in [0, 0.1) is 6.92 Å². The average Bonchev–Trinajstić information content (AvgIpc) is 2.75. The highest BCUT2D eigenvalue weighted by atomic mass is 79.9. The molecular weight excluding hydrogens is 318 g/mol. The highest BCUT2D eigenvalue weighted by Gasteiger charge is 2.12. The van der Waals surface area contributed by atoms with E-state index in [4.69, 9.17) is 16.0 Å². The summed E-state index contributed by atoms with van der Waals surface area (Å²) in [6.45, 7) is 1.74. The lowest BCUT2D eigenvalue weighted by molar-refractivity contribution is 0.533. The van der Waals surface area contributed by atoms with Gasteiger partial charge in [-0.05, 0) is 33.4 Å². The van der Waals surface area contributed by atoms with Crippen molar-refractivity contribution in [3.63, 3.8) is 0 Å². The third-order valence-corrected chi connectivity index (χ3v) is 3.50. The van der Waals surface area contributed by atoms with Gasteiger partial charge in [-0.3, -0.25) is 4.98 Å². The van der Waals surface area contributed by atoms with E-state index in [0.29, 0.717) is 16.8 Å². The quantitative estimate of drug-likeness (QED) is 0.678. The summed E-state index contributed by atoms with van der Waals surface area (Å²) in [7, 11) is 0. The number of aryl methyl sites for hydroxylation is 1. The van der Waals surface area contributed by atoms with Gasteiger partial charge in [-0.1, -0.05) is 11.6 Å². The van der Waals surface area contributed by atoms with E-state index in [1.807, 2.05) is 12.1 Å². The Kier molecular flexibility index (Phi) is 2.80. The zero-order chi connectivity index (χ0) is 12.7. The van der Waals surface area contributed by atoms with Gasteiger partial charge in [0.25, 0.3) is 0 Å². The van der Waals surface area contributed by atoms with Crippen LogP contribution >= 0.6 is 27.5 Å². The zero-order valence-corrected chi connectivity index (χ0v) is 11.7. The smallest absolute Gasteiger partial charge is 0.249 e. The molecule has 3 rings (SSSR count). The first kappa shape index (κ1) is 11.6. The van der Waals surface area contributed by atoms with Crippen molar-refractivity contribution in [1.29, 1.82) is 0 Å². The Morgan fingerprint density at radius 3 is 2.78 bits per heavy atom. The monoisotopic (exact) mass is 323 g/mol. The van der Waals surface area contributed by atoms with E-state index in [1.54, 1.807) is 19.3 Å². The minimum atomic E-state index is 0.420. The van der Waals surface area contributed by atoms with Crippen LogP contribution in [0.2, 0.25) is 5.02 Å². The molecule has 0 unspecified atom stereocenters. The van der Waals surface area contributed by atoms with E-state index in [1.165, 1.54) is 0 Å². The first-order chi connectivity index (χ1) is 8.65. The van der Waals surface area contributed by atoms with Crippen molar-refractivity contribution in [2.45, 2.75) is 6.92 Å². The van der Waals surface area contributed by atoms with Crippen LogP contribution in [0.1, 0.15) is 5.89 Å². The lowest BCUT2D eigenvalue weighted by Crippen LogP contribution is -1.84. The fraction of sp³-hybridized carbons (Fsp3) is 0.0833. The standard InChI is InChI=1S/C12H7BrClN3O/c1-6-16-17-12(18-6)9-3-8-7(2-11(9)14)4-15-5-10(8)13/h2-5H,1H3. The second kappa shape index (κ2) is 4.33. The molecule has 0 spiro atoms. The minimum Gasteiger partial charge on any atom is -0.421 e. The van der Waals surface area contributed by atoms with Gasteiger partial charge in [0.05, 0.1) is 10.6 Å². The van der Waals surface area contributed by atoms with Crippen LogP contribution in [0.5, 0.6) is 0 Å². The second-order valence-electron chi connectivity index (χ2n) is 3.80. The van der Waals surface area contributed by atoms with Crippen LogP contribution < -0.4 is 0 Å². The van der Waals surface area contributed by atoms with Crippen molar-refractivity contribution in [1.82, 2.24) is 15.2 Å². The number of hydrogen-bond acceptors (Lipinski definition) is 4. The van der Waals surface area contributed by atoms with Crippen LogP contribution in [0.3, 0.4) is 0 Å². The third kappa shape index (κ3) is 1.89. The van der Waals surface area contributed by atoms with Gasteiger partial charge >= 0.3 is 0 Å². The molecule has 0 saturated carbocycles. The average molecular weight is 325 g/mol. The third-order valence-electron chi connectivity index (χ3n) is 2.55. The van der Waals surface area contributed by atoms with Crippen LogP contribution in [-0.4, -0.2) is 15.2 Å². The number of halogens is 2. The molecule has 6 heteroatoms. The molecule has 0 atom stereocenters. The van der Waals surface area contributed by atoms with Gasteiger partial charge in [-0.15, -0.1) is 10.2 Å². The summed E-state index contributed by atoms with van der Waals surface area (Å²) < 4.78 is 6.30. The Bertz CT molecular complexity index is 741. The summed E-state index contributed by atoms with van der Waals surface area (Å²) in [6.07, 6.45) is 3.49. The van der Waals surface area contributed by atoms with E-state index in [2.05, 4.69) is 31.1 Å². The van der Waals surface area contributed by atoms with Gasteiger partial charge in [-0.2, -0.15) is 0 Å². The number of nitrogens with zero attached hydrogens (tertiary/aromatic N) is 3. The maximum absolute atomic E-state index is 6.23. The lowest BCUT2D eigenvalue weighted by Gasteiger charge is -2.04. The molecule has 4 nitrogen and oxygen atoms in total. The van der Waals surface area contributed by atoms with Crippen LogP contribution in [0.4, 0.5) is 0 Å². The summed E-state index contributed by atoms with van der Waals surface area (Å²) in [4.78, 5) is 4.10. The molecule has 2 aromatic heterocycles. The molecule has 0 aliphatic heterocycles. The van der Waals surface area contributed by atoms with E-state index in [0.717, 1.165) is 20.8 Å². The minimum absolute atomic E-state index is 0.420. The SMILES string of the molecule is Cc1nnc(-c2cc3c(Br)cncc3cc2Cl)o1. The molecule has 0 fully saturated rings. The summed E-state index contributed by atoms with van der Waals surface area (Å²) >= 11 is 9.69. The number of benzene rings is 1. The van der Waals surface area contributed by atoms with E-state index in [9.17, 15) is 0 Å². The van der Waals surface area contributed by atoms with Gasteiger partial charge < -0.3 is 4.42 Å². The number of pyridine rings is 1. The first-order valence-corrected chi connectivity index (χ1v) is 6.35. The van der Waals surface area contributed by atoms with Gasteiger partial charge in [0, 0.05) is 29.2 Å². The molecule has 1 aromatic carbocycles. The van der Waals surface area contributed by atoms with Crippen LogP contribution in [0.15, 0.2) is 33.4 Å². The van der Waals surface area contributed by atoms with Crippen molar-refractivity contribution < 1.29 is 4.42 Å². The normalized spacial score (nSPS) is 11.1. The molecule has 3 aromatic rings. The molecular formula is C12H7BrClN3O. The van der Waals surface area contributed by atoms with Crippen molar-refractivity contribution in [3.05, 3.63) is 39.9 Å². The number of hydrogen-bond donors (Lipinski definition) is 0. The maximum Gasteiger partial charge on any atom is 0.249 e. The van der Waals surface area contributed by atoms with Crippen molar-refractivity contribution >= 4 is 38.3 Å². The lowest BCUT2D eigenvalue weighted by atomic mass is 10.1. The summed E-state index contributed by atoms with van der Waals surface area (Å²) in [5, 5.41) is 10.3. The van der Waals surface area contributed by atoms with Crippen LogP contribution in [-0.2, 0) is 0 Å². The number of rotatable bonds is 1. The Morgan fingerprint density at radius 1 is 1.22 bits per heavy atom.